The van der Waals surface area contributed by atoms with Gasteiger partial charge in [0.1, 0.15) is 18.1 Å². The second-order valence-electron chi connectivity index (χ2n) is 6.94. The summed E-state index contributed by atoms with van der Waals surface area (Å²) in [5.74, 6) is -4.40. The molecule has 10 nitrogen and oxygen atoms in total. The van der Waals surface area contributed by atoms with Gasteiger partial charge in [0.2, 0.25) is 11.8 Å². The van der Waals surface area contributed by atoms with E-state index in [4.69, 9.17) is 16.7 Å². The van der Waals surface area contributed by atoms with Crippen LogP contribution in [-0.4, -0.2) is 71.5 Å². The predicted molar refractivity (Wildman–Crippen MR) is 105 cm³/mol. The van der Waals surface area contributed by atoms with E-state index >= 15 is 0 Å². The molecule has 1 heterocycles. The molecule has 0 spiro atoms. The van der Waals surface area contributed by atoms with Crippen LogP contribution in [0.5, 0.6) is 5.75 Å². The Balaban J connectivity index is 2.00. The van der Waals surface area contributed by atoms with Crippen LogP contribution in [0.15, 0.2) is 18.2 Å². The van der Waals surface area contributed by atoms with Crippen molar-refractivity contribution in [2.45, 2.75) is 37.7 Å². The molecule has 33 heavy (non-hydrogen) atoms. The number of carboxylic acid groups (broad SMARTS) is 1. The predicted octanol–water partition coefficient (Wildman–Crippen LogP) is 1.12. The van der Waals surface area contributed by atoms with Gasteiger partial charge in [0, 0.05) is 6.54 Å². The number of amides is 3. The van der Waals surface area contributed by atoms with E-state index in [0.29, 0.717) is 6.42 Å². The van der Waals surface area contributed by atoms with E-state index in [1.807, 2.05) is 0 Å². The van der Waals surface area contributed by atoms with E-state index in [1.165, 1.54) is 0 Å². The van der Waals surface area contributed by atoms with Crippen LogP contribution >= 0.6 is 11.6 Å². The van der Waals surface area contributed by atoms with Crippen LogP contribution in [0.4, 0.5) is 13.2 Å². The summed E-state index contributed by atoms with van der Waals surface area (Å²) in [6, 6.07) is 0.936. The number of nitrogens with zero attached hydrogens (tertiary/aromatic N) is 1. The van der Waals surface area contributed by atoms with Crippen molar-refractivity contribution in [3.63, 3.8) is 0 Å². The van der Waals surface area contributed by atoms with E-state index in [0.717, 1.165) is 23.1 Å². The van der Waals surface area contributed by atoms with Crippen molar-refractivity contribution in [1.82, 2.24) is 15.5 Å². The molecule has 1 aromatic carbocycles. The van der Waals surface area contributed by atoms with Crippen LogP contribution in [-0.2, 0) is 19.2 Å². The highest BCUT2D eigenvalue weighted by atomic mass is 35.5. The first-order valence-electron chi connectivity index (χ1n) is 9.52. The number of nitrogens with one attached hydrogen (secondary N) is 2. The van der Waals surface area contributed by atoms with Crippen LogP contribution < -0.4 is 15.4 Å². The monoisotopic (exact) mass is 493 g/mol. The summed E-state index contributed by atoms with van der Waals surface area (Å²) < 4.78 is 41.0. The number of carbonyl (C=O) groups is 5. The third-order valence-corrected chi connectivity index (χ3v) is 4.99. The molecular formula is C19H19ClF3N3O7. The smallest absolute Gasteiger partial charge is 0.481 e. The van der Waals surface area contributed by atoms with Crippen molar-refractivity contribution in [2.75, 3.05) is 13.1 Å². The Morgan fingerprint density at radius 3 is 2.61 bits per heavy atom. The van der Waals surface area contributed by atoms with Crippen molar-refractivity contribution in [3.8, 4) is 5.75 Å². The van der Waals surface area contributed by atoms with Gasteiger partial charge in [-0.15, -0.1) is 13.2 Å². The minimum Gasteiger partial charge on any atom is -0.481 e. The third kappa shape index (κ3) is 7.34. The zero-order valence-corrected chi connectivity index (χ0v) is 17.6. The molecule has 180 valence electrons. The van der Waals surface area contributed by atoms with Crippen molar-refractivity contribution in [3.05, 3.63) is 28.8 Å². The number of halogens is 4. The van der Waals surface area contributed by atoms with Crippen molar-refractivity contribution in [1.29, 1.82) is 0 Å². The van der Waals surface area contributed by atoms with Gasteiger partial charge < -0.3 is 30.2 Å². The number of ether oxygens (including phenoxy) is 1. The fourth-order valence-electron chi connectivity index (χ4n) is 3.18. The van der Waals surface area contributed by atoms with Crippen LogP contribution in [0.2, 0.25) is 5.02 Å². The van der Waals surface area contributed by atoms with Crippen LogP contribution in [0.25, 0.3) is 0 Å². The lowest BCUT2D eigenvalue weighted by atomic mass is 10.1. The van der Waals surface area contributed by atoms with Crippen LogP contribution in [0.1, 0.15) is 29.6 Å². The van der Waals surface area contributed by atoms with Gasteiger partial charge in [-0.1, -0.05) is 17.7 Å². The highest BCUT2D eigenvalue weighted by molar-refractivity contribution is 6.35. The fourth-order valence-corrected chi connectivity index (χ4v) is 3.43. The highest BCUT2D eigenvalue weighted by Crippen LogP contribution is 2.32. The van der Waals surface area contributed by atoms with Gasteiger partial charge in [-0.05, 0) is 25.0 Å². The average Bonchev–Trinajstić information content (AvgIpc) is 3.21. The van der Waals surface area contributed by atoms with Gasteiger partial charge in [-0.2, -0.15) is 0 Å². The maximum Gasteiger partial charge on any atom is 0.573 e. The van der Waals surface area contributed by atoms with Crippen molar-refractivity contribution < 1.29 is 47.0 Å². The molecule has 0 saturated carbocycles. The van der Waals surface area contributed by atoms with E-state index in [2.05, 4.69) is 15.4 Å². The lowest BCUT2D eigenvalue weighted by Gasteiger charge is -2.25. The van der Waals surface area contributed by atoms with Gasteiger partial charge in [0.15, 0.2) is 0 Å². The van der Waals surface area contributed by atoms with Crippen molar-refractivity contribution in [2.24, 2.45) is 0 Å². The molecule has 1 aromatic rings. The minimum atomic E-state index is -5.02. The number of hydrogen-bond donors (Lipinski definition) is 3. The normalized spacial score (nSPS) is 16.6. The Hall–Kier alpha value is -3.35. The Morgan fingerprint density at radius 1 is 1.30 bits per heavy atom. The first-order valence-corrected chi connectivity index (χ1v) is 9.90. The minimum absolute atomic E-state index is 0.174. The second kappa shape index (κ2) is 11.0. The van der Waals surface area contributed by atoms with E-state index in [1.54, 1.807) is 0 Å². The summed E-state index contributed by atoms with van der Waals surface area (Å²) >= 11 is 5.81. The summed E-state index contributed by atoms with van der Waals surface area (Å²) in [5.41, 5.74) is -0.357. The van der Waals surface area contributed by atoms with Gasteiger partial charge in [-0.3, -0.25) is 19.2 Å². The first kappa shape index (κ1) is 25.9. The molecule has 1 aliphatic rings. The van der Waals surface area contributed by atoms with Gasteiger partial charge in [0.05, 0.1) is 29.6 Å². The number of hydrogen-bond acceptors (Lipinski definition) is 6. The highest BCUT2D eigenvalue weighted by Gasteiger charge is 2.35. The first-order chi connectivity index (χ1) is 15.4. The van der Waals surface area contributed by atoms with Gasteiger partial charge in [-0.25, -0.2) is 0 Å². The fraction of sp³-hybridized carbons (Fsp3) is 0.421. The number of alkyl halides is 3. The Bertz CT molecular complexity index is 942. The van der Waals surface area contributed by atoms with E-state index < -0.39 is 65.9 Å². The largest absolute Gasteiger partial charge is 0.573 e. The quantitative estimate of drug-likeness (QED) is 0.437. The SMILES string of the molecule is O=C[C@H](CC(=O)O)NC(=O)[C@@H]1CCCN1C(=O)CNC(=O)c1cccc(OC(F)(F)F)c1Cl. The Morgan fingerprint density at radius 2 is 2.00 bits per heavy atom. The van der Waals surface area contributed by atoms with Crippen LogP contribution in [0.3, 0.4) is 0 Å². The molecule has 3 N–H and O–H groups in total. The third-order valence-electron chi connectivity index (χ3n) is 4.60. The summed E-state index contributed by atoms with van der Waals surface area (Å²) in [6.45, 7) is -0.414. The number of rotatable bonds is 9. The molecule has 1 saturated heterocycles. The van der Waals surface area contributed by atoms with Gasteiger partial charge in [0.25, 0.3) is 5.91 Å². The molecule has 1 aliphatic heterocycles. The Kier molecular flexibility index (Phi) is 8.63. The lowest BCUT2D eigenvalue weighted by Crippen LogP contribution is -2.51. The lowest BCUT2D eigenvalue weighted by molar-refractivity contribution is -0.274. The molecule has 0 radical (unpaired) electrons. The summed E-state index contributed by atoms with van der Waals surface area (Å²) in [4.78, 5) is 60.1. The van der Waals surface area contributed by atoms with Gasteiger partial charge >= 0.3 is 12.3 Å². The number of carboxylic acids is 1. The summed E-state index contributed by atoms with van der Waals surface area (Å²) in [5, 5.41) is 12.6. The zero-order chi connectivity index (χ0) is 24.8. The number of benzene rings is 1. The number of aliphatic carboxylic acids is 1. The van der Waals surface area contributed by atoms with Crippen molar-refractivity contribution >= 4 is 41.6 Å². The number of aldehydes is 1. The second-order valence-corrected chi connectivity index (χ2v) is 7.32. The molecule has 0 unspecified atom stereocenters. The zero-order valence-electron chi connectivity index (χ0n) is 16.9. The maximum atomic E-state index is 12.5. The summed E-state index contributed by atoms with van der Waals surface area (Å²) in [7, 11) is 0. The molecule has 0 aliphatic carbocycles. The van der Waals surface area contributed by atoms with E-state index in [9.17, 15) is 37.1 Å². The van der Waals surface area contributed by atoms with E-state index in [-0.39, 0.29) is 24.8 Å². The van der Waals surface area contributed by atoms with Crippen LogP contribution in [0, 0.1) is 0 Å². The molecule has 0 bridgehead atoms. The Labute approximate surface area is 190 Å². The standard InChI is InChI=1S/C19H19ClF3N3O7/c20-16-11(3-1-5-13(16)33-19(21,22)23)17(31)24-8-14(28)26-6-2-4-12(26)18(32)25-10(9-27)7-15(29)30/h1,3,5,9-10,12H,2,4,6-8H2,(H,24,31)(H,25,32)(H,29,30)/t10-,12-/m0/s1. The number of carbonyl (C=O) groups excluding carboxylic acids is 4. The molecule has 1 fully saturated rings. The molecule has 2 atom stereocenters. The molecule has 3 amide bonds. The molecular weight excluding hydrogens is 475 g/mol. The average molecular weight is 494 g/mol. The molecule has 14 heteroatoms. The topological polar surface area (TPSA) is 142 Å². The molecule has 0 aromatic heterocycles. The summed E-state index contributed by atoms with van der Waals surface area (Å²) in [6.07, 6.45) is -4.66. The maximum absolute atomic E-state index is 12.5. The number of likely N-dealkylation sites (tertiary alicyclic amines) is 1. The molecule has 2 rings (SSSR count).